The number of benzene rings is 1. The van der Waals surface area contributed by atoms with Crippen molar-refractivity contribution in [1.82, 2.24) is 4.98 Å². The highest BCUT2D eigenvalue weighted by Crippen LogP contribution is 2.40. The van der Waals surface area contributed by atoms with Gasteiger partial charge in [0, 0.05) is 20.8 Å². The normalized spacial score (nSPS) is 22.4. The average molecular weight is 364 g/mol. The Morgan fingerprint density at radius 1 is 1.24 bits per heavy atom. The predicted molar refractivity (Wildman–Crippen MR) is 95.0 cm³/mol. The summed E-state index contributed by atoms with van der Waals surface area (Å²) in [6, 6.07) is 8.48. The SMILES string of the molecule is CCC1CCC(c2nc(-c3cccc(Br)c3)c(C)s2)CC1. The number of halogens is 1. The van der Waals surface area contributed by atoms with E-state index in [9.17, 15) is 0 Å². The van der Waals surface area contributed by atoms with E-state index in [1.165, 1.54) is 53.2 Å². The number of rotatable bonds is 3. The lowest BCUT2D eigenvalue weighted by Gasteiger charge is -2.26. The quantitative estimate of drug-likeness (QED) is 0.601. The fourth-order valence-electron chi connectivity index (χ4n) is 3.31. The van der Waals surface area contributed by atoms with Gasteiger partial charge in [-0.2, -0.15) is 0 Å². The Labute approximate surface area is 139 Å². The number of hydrogen-bond donors (Lipinski definition) is 0. The van der Waals surface area contributed by atoms with Gasteiger partial charge >= 0.3 is 0 Å². The van der Waals surface area contributed by atoms with E-state index < -0.39 is 0 Å². The third-order valence-electron chi connectivity index (χ3n) is 4.68. The number of thiazole rings is 1. The maximum Gasteiger partial charge on any atom is 0.0966 e. The molecule has 1 fully saturated rings. The van der Waals surface area contributed by atoms with E-state index in [0.29, 0.717) is 5.92 Å². The second-order valence-corrected chi connectivity index (χ2v) is 8.24. The van der Waals surface area contributed by atoms with E-state index in [0.717, 1.165) is 10.4 Å². The summed E-state index contributed by atoms with van der Waals surface area (Å²) in [6.07, 6.45) is 6.75. The Morgan fingerprint density at radius 3 is 2.67 bits per heavy atom. The number of aryl methyl sites for hydroxylation is 1. The molecule has 1 aliphatic carbocycles. The zero-order valence-corrected chi connectivity index (χ0v) is 15.1. The van der Waals surface area contributed by atoms with E-state index in [1.54, 1.807) is 0 Å². The fraction of sp³-hybridized carbons (Fsp3) is 0.500. The summed E-state index contributed by atoms with van der Waals surface area (Å²) in [5, 5.41) is 1.36. The molecule has 0 spiro atoms. The van der Waals surface area contributed by atoms with Gasteiger partial charge in [-0.1, -0.05) is 41.4 Å². The van der Waals surface area contributed by atoms with Crippen molar-refractivity contribution in [2.45, 2.75) is 51.9 Å². The predicted octanol–water partition coefficient (Wildman–Crippen LogP) is 6.56. The van der Waals surface area contributed by atoms with E-state index in [1.807, 2.05) is 11.3 Å². The highest BCUT2D eigenvalue weighted by Gasteiger charge is 2.24. The summed E-state index contributed by atoms with van der Waals surface area (Å²) >= 11 is 5.46. The van der Waals surface area contributed by atoms with Crippen LogP contribution in [0.5, 0.6) is 0 Å². The van der Waals surface area contributed by atoms with Gasteiger partial charge in [0.1, 0.15) is 0 Å². The maximum absolute atomic E-state index is 4.99. The van der Waals surface area contributed by atoms with Gasteiger partial charge in [-0.3, -0.25) is 0 Å². The summed E-state index contributed by atoms with van der Waals surface area (Å²) in [4.78, 5) is 6.34. The summed E-state index contributed by atoms with van der Waals surface area (Å²) < 4.78 is 1.12. The molecule has 1 nitrogen and oxygen atoms in total. The van der Waals surface area contributed by atoms with Gasteiger partial charge < -0.3 is 0 Å². The fourth-order valence-corrected chi connectivity index (χ4v) is 4.83. The van der Waals surface area contributed by atoms with Crippen molar-refractivity contribution in [1.29, 1.82) is 0 Å². The lowest BCUT2D eigenvalue weighted by molar-refractivity contribution is 0.318. The van der Waals surface area contributed by atoms with Gasteiger partial charge in [-0.15, -0.1) is 11.3 Å². The number of aromatic nitrogens is 1. The molecular weight excluding hydrogens is 342 g/mol. The highest BCUT2D eigenvalue weighted by molar-refractivity contribution is 9.10. The molecule has 1 aromatic heterocycles. The van der Waals surface area contributed by atoms with E-state index in [2.05, 4.69) is 54.0 Å². The Bertz CT molecular complexity index is 611. The minimum atomic E-state index is 0.692. The van der Waals surface area contributed by atoms with Crippen LogP contribution < -0.4 is 0 Å². The van der Waals surface area contributed by atoms with Crippen molar-refractivity contribution >= 4 is 27.3 Å². The molecule has 0 atom stereocenters. The molecule has 1 saturated carbocycles. The van der Waals surface area contributed by atoms with Gasteiger partial charge in [0.15, 0.2) is 0 Å². The van der Waals surface area contributed by atoms with Gasteiger partial charge in [0.2, 0.25) is 0 Å². The van der Waals surface area contributed by atoms with E-state index in [-0.39, 0.29) is 0 Å². The molecule has 0 radical (unpaired) electrons. The molecule has 0 N–H and O–H groups in total. The zero-order valence-electron chi connectivity index (χ0n) is 12.7. The number of hydrogen-bond acceptors (Lipinski definition) is 2. The molecule has 0 aliphatic heterocycles. The van der Waals surface area contributed by atoms with Crippen LogP contribution >= 0.6 is 27.3 Å². The van der Waals surface area contributed by atoms with Crippen LogP contribution in [-0.4, -0.2) is 4.98 Å². The third-order valence-corrected chi connectivity index (χ3v) is 6.31. The smallest absolute Gasteiger partial charge is 0.0966 e. The molecule has 2 aromatic rings. The maximum atomic E-state index is 4.99. The molecule has 1 aliphatic rings. The molecule has 0 saturated heterocycles. The van der Waals surface area contributed by atoms with Gasteiger partial charge in [0.05, 0.1) is 10.7 Å². The van der Waals surface area contributed by atoms with Crippen molar-refractivity contribution in [2.75, 3.05) is 0 Å². The van der Waals surface area contributed by atoms with Crippen LogP contribution in [0.4, 0.5) is 0 Å². The summed E-state index contributed by atoms with van der Waals surface area (Å²) in [6.45, 7) is 4.53. The van der Waals surface area contributed by atoms with Gasteiger partial charge in [-0.05, 0) is 50.7 Å². The van der Waals surface area contributed by atoms with E-state index >= 15 is 0 Å². The van der Waals surface area contributed by atoms with Gasteiger partial charge in [0.25, 0.3) is 0 Å². The lowest BCUT2D eigenvalue weighted by Crippen LogP contribution is -2.12. The van der Waals surface area contributed by atoms with Crippen LogP contribution in [0, 0.1) is 12.8 Å². The third kappa shape index (κ3) is 3.40. The van der Waals surface area contributed by atoms with Crippen molar-refractivity contribution < 1.29 is 0 Å². The second kappa shape index (κ2) is 6.62. The second-order valence-electron chi connectivity index (χ2n) is 6.09. The molecule has 1 heterocycles. The number of nitrogens with zero attached hydrogens (tertiary/aromatic N) is 1. The Balaban J connectivity index is 1.82. The van der Waals surface area contributed by atoms with Crippen LogP contribution in [0.15, 0.2) is 28.7 Å². The van der Waals surface area contributed by atoms with Crippen molar-refractivity contribution in [3.05, 3.63) is 38.6 Å². The molecule has 0 bridgehead atoms. The van der Waals surface area contributed by atoms with Crippen LogP contribution in [0.1, 0.15) is 54.8 Å². The molecule has 1 aromatic carbocycles. The molecular formula is C18H22BrNS. The first kappa shape index (κ1) is 15.2. The molecule has 0 amide bonds. The summed E-state index contributed by atoms with van der Waals surface area (Å²) in [7, 11) is 0. The minimum absolute atomic E-state index is 0.692. The summed E-state index contributed by atoms with van der Waals surface area (Å²) in [5.74, 6) is 1.64. The van der Waals surface area contributed by atoms with Crippen molar-refractivity contribution in [2.24, 2.45) is 5.92 Å². The lowest BCUT2D eigenvalue weighted by atomic mass is 9.81. The van der Waals surface area contributed by atoms with Crippen molar-refractivity contribution in [3.63, 3.8) is 0 Å². The van der Waals surface area contributed by atoms with Crippen LogP contribution in [0.2, 0.25) is 0 Å². The Morgan fingerprint density at radius 2 is 2.00 bits per heavy atom. The standard InChI is InChI=1S/C18H22BrNS/c1-3-13-7-9-14(10-8-13)18-20-17(12(2)21-18)15-5-4-6-16(19)11-15/h4-6,11,13-14H,3,7-10H2,1-2H3. The highest BCUT2D eigenvalue weighted by atomic mass is 79.9. The minimum Gasteiger partial charge on any atom is -0.241 e. The molecule has 112 valence electrons. The topological polar surface area (TPSA) is 12.9 Å². The van der Waals surface area contributed by atoms with Crippen LogP contribution in [0.3, 0.4) is 0 Å². The Kier molecular flexibility index (Phi) is 4.80. The van der Waals surface area contributed by atoms with Crippen LogP contribution in [-0.2, 0) is 0 Å². The van der Waals surface area contributed by atoms with Crippen molar-refractivity contribution in [3.8, 4) is 11.3 Å². The van der Waals surface area contributed by atoms with Gasteiger partial charge in [-0.25, -0.2) is 4.98 Å². The first-order chi connectivity index (χ1) is 10.2. The largest absolute Gasteiger partial charge is 0.241 e. The first-order valence-electron chi connectivity index (χ1n) is 7.90. The molecule has 3 heteroatoms. The van der Waals surface area contributed by atoms with Crippen LogP contribution in [0.25, 0.3) is 11.3 Å². The van der Waals surface area contributed by atoms with E-state index in [4.69, 9.17) is 4.98 Å². The molecule has 21 heavy (non-hydrogen) atoms. The molecule has 0 unspecified atom stereocenters. The molecule has 3 rings (SSSR count). The average Bonchev–Trinajstić information content (AvgIpc) is 2.89. The summed E-state index contributed by atoms with van der Waals surface area (Å²) in [5.41, 5.74) is 2.40. The Hall–Kier alpha value is -0.670. The monoisotopic (exact) mass is 363 g/mol. The zero-order chi connectivity index (χ0) is 14.8. The first-order valence-corrected chi connectivity index (χ1v) is 9.51.